The average Bonchev–Trinajstić information content (AvgIpc) is 3.08. The molecule has 0 saturated heterocycles. The molecular formula is C17H11F2N3O. The van der Waals surface area contributed by atoms with Gasteiger partial charge in [-0.05, 0) is 36.4 Å². The van der Waals surface area contributed by atoms with Crippen molar-refractivity contribution in [3.63, 3.8) is 0 Å². The van der Waals surface area contributed by atoms with Gasteiger partial charge in [-0.15, -0.1) is 0 Å². The van der Waals surface area contributed by atoms with Gasteiger partial charge in [0.1, 0.15) is 11.6 Å². The third kappa shape index (κ3) is 2.03. The molecule has 0 aliphatic rings. The molecule has 0 radical (unpaired) electrons. The van der Waals surface area contributed by atoms with E-state index in [2.05, 4.69) is 9.97 Å². The Balaban J connectivity index is 1.91. The molecular weight excluding hydrogens is 300 g/mol. The lowest BCUT2D eigenvalue weighted by Gasteiger charge is -2.01. The highest BCUT2D eigenvalue weighted by atomic mass is 19.1. The van der Waals surface area contributed by atoms with Crippen molar-refractivity contribution in [3.05, 3.63) is 65.6 Å². The summed E-state index contributed by atoms with van der Waals surface area (Å²) >= 11 is 0. The Labute approximate surface area is 129 Å². The second kappa shape index (κ2) is 4.74. The number of hydrogen-bond donors (Lipinski definition) is 1. The van der Waals surface area contributed by atoms with Crippen LogP contribution in [-0.4, -0.2) is 20.3 Å². The summed E-state index contributed by atoms with van der Waals surface area (Å²) in [6, 6.07) is 8.35. The van der Waals surface area contributed by atoms with Crippen molar-refractivity contribution < 1.29 is 13.6 Å². The van der Waals surface area contributed by atoms with Crippen LogP contribution >= 0.6 is 0 Å². The van der Waals surface area contributed by atoms with E-state index >= 15 is 0 Å². The lowest BCUT2D eigenvalue weighted by Crippen LogP contribution is -2.08. The zero-order valence-electron chi connectivity index (χ0n) is 12.1. The van der Waals surface area contributed by atoms with Crippen LogP contribution < -0.4 is 0 Å². The van der Waals surface area contributed by atoms with Crippen LogP contribution in [-0.2, 0) is 7.05 Å². The van der Waals surface area contributed by atoms with Gasteiger partial charge in [-0.3, -0.25) is 4.79 Å². The summed E-state index contributed by atoms with van der Waals surface area (Å²) < 4.78 is 28.4. The molecule has 0 bridgehead atoms. The number of halogens is 2. The first-order chi connectivity index (χ1) is 11.0. The van der Waals surface area contributed by atoms with Crippen molar-refractivity contribution in [1.29, 1.82) is 0 Å². The van der Waals surface area contributed by atoms with Gasteiger partial charge in [-0.2, -0.15) is 0 Å². The maximum Gasteiger partial charge on any atom is 0.230 e. The Kier molecular flexibility index (Phi) is 2.81. The summed E-state index contributed by atoms with van der Waals surface area (Å²) in [5.41, 5.74) is 2.06. The second-order valence-corrected chi connectivity index (χ2v) is 5.35. The molecule has 2 heterocycles. The number of ketones is 1. The van der Waals surface area contributed by atoms with Crippen LogP contribution in [0.4, 0.5) is 8.78 Å². The standard InChI is InChI=1S/C17H11F2N3O/c1-22-15-7-10(19)3-5-14(15)21-17(22)16(23)12-8-20-13-4-2-9(18)6-11(12)13/h2-8,20H,1H3. The number of aromatic nitrogens is 3. The highest BCUT2D eigenvalue weighted by Crippen LogP contribution is 2.24. The molecule has 114 valence electrons. The number of H-pyrrole nitrogens is 1. The summed E-state index contributed by atoms with van der Waals surface area (Å²) in [5.74, 6) is -0.983. The van der Waals surface area contributed by atoms with Crippen molar-refractivity contribution in [1.82, 2.24) is 14.5 Å². The van der Waals surface area contributed by atoms with E-state index in [-0.39, 0.29) is 11.6 Å². The van der Waals surface area contributed by atoms with Crippen molar-refractivity contribution in [2.75, 3.05) is 0 Å². The molecule has 4 rings (SSSR count). The monoisotopic (exact) mass is 311 g/mol. The lowest BCUT2D eigenvalue weighted by atomic mass is 10.1. The molecule has 23 heavy (non-hydrogen) atoms. The molecule has 0 amide bonds. The quantitative estimate of drug-likeness (QED) is 0.575. The van der Waals surface area contributed by atoms with E-state index in [4.69, 9.17) is 0 Å². The second-order valence-electron chi connectivity index (χ2n) is 5.35. The van der Waals surface area contributed by atoms with Gasteiger partial charge in [0.05, 0.1) is 16.6 Å². The van der Waals surface area contributed by atoms with Gasteiger partial charge < -0.3 is 9.55 Å². The average molecular weight is 311 g/mol. The largest absolute Gasteiger partial charge is 0.360 e. The van der Waals surface area contributed by atoms with Crippen LogP contribution in [0.5, 0.6) is 0 Å². The number of nitrogens with one attached hydrogen (secondary N) is 1. The Morgan fingerprint density at radius 2 is 1.87 bits per heavy atom. The molecule has 0 aliphatic heterocycles. The van der Waals surface area contributed by atoms with E-state index in [1.807, 2.05) is 0 Å². The highest BCUT2D eigenvalue weighted by molar-refractivity contribution is 6.15. The molecule has 2 aromatic carbocycles. The fourth-order valence-corrected chi connectivity index (χ4v) is 2.77. The first-order valence-corrected chi connectivity index (χ1v) is 6.98. The summed E-state index contributed by atoms with van der Waals surface area (Å²) in [5, 5.41) is 0.494. The topological polar surface area (TPSA) is 50.7 Å². The van der Waals surface area contributed by atoms with Crippen molar-refractivity contribution in [3.8, 4) is 0 Å². The molecule has 6 heteroatoms. The minimum atomic E-state index is -0.418. The van der Waals surface area contributed by atoms with E-state index in [1.165, 1.54) is 36.5 Å². The highest BCUT2D eigenvalue weighted by Gasteiger charge is 2.20. The van der Waals surface area contributed by atoms with E-state index in [0.29, 0.717) is 27.5 Å². The van der Waals surface area contributed by atoms with E-state index < -0.39 is 11.6 Å². The van der Waals surface area contributed by atoms with Crippen LogP contribution in [0.2, 0.25) is 0 Å². The Morgan fingerprint density at radius 1 is 1.13 bits per heavy atom. The number of carbonyl (C=O) groups excluding carboxylic acids is 1. The van der Waals surface area contributed by atoms with Gasteiger partial charge in [0.2, 0.25) is 5.78 Å². The predicted molar refractivity (Wildman–Crippen MR) is 82.4 cm³/mol. The van der Waals surface area contributed by atoms with Crippen LogP contribution in [0.15, 0.2) is 42.6 Å². The van der Waals surface area contributed by atoms with Crippen molar-refractivity contribution in [2.45, 2.75) is 0 Å². The fraction of sp³-hybridized carbons (Fsp3) is 0.0588. The minimum Gasteiger partial charge on any atom is -0.360 e. The third-order valence-corrected chi connectivity index (χ3v) is 3.93. The molecule has 0 spiro atoms. The van der Waals surface area contributed by atoms with Gasteiger partial charge in [-0.25, -0.2) is 13.8 Å². The normalized spacial score (nSPS) is 11.4. The van der Waals surface area contributed by atoms with E-state index in [9.17, 15) is 13.6 Å². The van der Waals surface area contributed by atoms with Gasteiger partial charge in [0.25, 0.3) is 0 Å². The summed E-state index contributed by atoms with van der Waals surface area (Å²) in [7, 11) is 1.65. The Hall–Kier alpha value is -3.02. The van der Waals surface area contributed by atoms with Crippen LogP contribution in [0.1, 0.15) is 16.2 Å². The van der Waals surface area contributed by atoms with E-state index in [0.717, 1.165) is 0 Å². The third-order valence-electron chi connectivity index (χ3n) is 3.93. The molecule has 0 aliphatic carbocycles. The molecule has 2 aromatic heterocycles. The van der Waals surface area contributed by atoms with Gasteiger partial charge in [-0.1, -0.05) is 0 Å². The number of carbonyl (C=O) groups is 1. The minimum absolute atomic E-state index is 0.177. The maximum absolute atomic E-state index is 13.5. The number of fused-ring (bicyclic) bond motifs is 2. The first-order valence-electron chi connectivity index (χ1n) is 6.98. The smallest absolute Gasteiger partial charge is 0.230 e. The molecule has 0 atom stereocenters. The zero-order valence-corrected chi connectivity index (χ0v) is 12.1. The summed E-state index contributed by atoms with van der Waals surface area (Å²) in [6.45, 7) is 0. The Morgan fingerprint density at radius 3 is 2.70 bits per heavy atom. The summed E-state index contributed by atoms with van der Waals surface area (Å²) in [4.78, 5) is 20.0. The lowest BCUT2D eigenvalue weighted by molar-refractivity contribution is 0.102. The number of benzene rings is 2. The van der Waals surface area contributed by atoms with Crippen LogP contribution in [0.3, 0.4) is 0 Å². The molecule has 0 unspecified atom stereocenters. The molecule has 4 aromatic rings. The fourth-order valence-electron chi connectivity index (χ4n) is 2.77. The number of aromatic amines is 1. The number of imidazole rings is 1. The number of hydrogen-bond acceptors (Lipinski definition) is 2. The first kappa shape index (κ1) is 13.6. The van der Waals surface area contributed by atoms with E-state index in [1.54, 1.807) is 17.7 Å². The molecule has 0 saturated carbocycles. The SMILES string of the molecule is Cn1c(C(=O)c2c[nH]c3ccc(F)cc23)nc2ccc(F)cc21. The number of aryl methyl sites for hydroxylation is 1. The van der Waals surface area contributed by atoms with Crippen molar-refractivity contribution >= 4 is 27.7 Å². The van der Waals surface area contributed by atoms with Crippen LogP contribution in [0.25, 0.3) is 21.9 Å². The molecule has 4 nitrogen and oxygen atoms in total. The number of nitrogens with zero attached hydrogens (tertiary/aromatic N) is 2. The van der Waals surface area contributed by atoms with Gasteiger partial charge >= 0.3 is 0 Å². The zero-order chi connectivity index (χ0) is 16.1. The predicted octanol–water partition coefficient (Wildman–Crippen LogP) is 3.56. The summed E-state index contributed by atoms with van der Waals surface area (Å²) in [6.07, 6.45) is 1.53. The number of rotatable bonds is 2. The van der Waals surface area contributed by atoms with Gasteiger partial charge in [0, 0.05) is 24.1 Å². The maximum atomic E-state index is 13.5. The van der Waals surface area contributed by atoms with Crippen molar-refractivity contribution in [2.24, 2.45) is 7.05 Å². The van der Waals surface area contributed by atoms with Gasteiger partial charge in [0.15, 0.2) is 5.82 Å². The van der Waals surface area contributed by atoms with Crippen LogP contribution in [0, 0.1) is 11.6 Å². The molecule has 0 fully saturated rings. The Bertz CT molecular complexity index is 1080. The molecule has 1 N–H and O–H groups in total.